The topological polar surface area (TPSA) is 59.7 Å². The third kappa shape index (κ3) is 1.84. The minimum atomic E-state index is 0.565. The number of aliphatic imine (C=N–C) groups is 1. The molecule has 90 valence electrons. The Balaban J connectivity index is 1.89. The van der Waals surface area contributed by atoms with E-state index in [-0.39, 0.29) is 0 Å². The van der Waals surface area contributed by atoms with Crippen molar-refractivity contribution in [2.45, 2.75) is 13.0 Å². The number of ether oxygens (including phenoxy) is 1. The summed E-state index contributed by atoms with van der Waals surface area (Å²) in [6, 6.07) is 0. The fourth-order valence-corrected chi connectivity index (χ4v) is 2.20. The monoisotopic (exact) mass is 234 g/mol. The van der Waals surface area contributed by atoms with Crippen LogP contribution in [0.5, 0.6) is 0 Å². The van der Waals surface area contributed by atoms with Crippen molar-refractivity contribution in [3.05, 3.63) is 11.8 Å². The Hall–Kier alpha value is -1.69. The number of carbonyl (C=O) groups excluding carboxylic acids is 1. The fourth-order valence-electron chi connectivity index (χ4n) is 2.20. The number of amidine groups is 1. The van der Waals surface area contributed by atoms with Crippen LogP contribution in [0.25, 0.3) is 0 Å². The summed E-state index contributed by atoms with van der Waals surface area (Å²) < 4.78 is 7.10. The first-order valence-corrected chi connectivity index (χ1v) is 5.80. The molecular formula is C11H14N4O2. The van der Waals surface area contributed by atoms with Crippen molar-refractivity contribution in [1.82, 2.24) is 14.7 Å². The summed E-state index contributed by atoms with van der Waals surface area (Å²) in [5.41, 5.74) is 0.565. The summed E-state index contributed by atoms with van der Waals surface area (Å²) in [7, 11) is 0. The smallest absolute Gasteiger partial charge is 0.163 e. The standard InChI is InChI=1S/C11H14N4O2/c16-8-9-7-12-15-2-1-10(13-11(9)15)14-3-5-17-6-4-14/h7-8H,1-6H2. The molecule has 1 fully saturated rings. The van der Waals surface area contributed by atoms with Crippen LogP contribution in [0.15, 0.2) is 11.2 Å². The van der Waals surface area contributed by atoms with Gasteiger partial charge in [-0.3, -0.25) is 4.79 Å². The first kappa shape index (κ1) is 10.5. The lowest BCUT2D eigenvalue weighted by Crippen LogP contribution is -2.41. The molecule has 0 atom stereocenters. The average molecular weight is 234 g/mol. The molecular weight excluding hydrogens is 220 g/mol. The molecule has 2 aliphatic rings. The summed E-state index contributed by atoms with van der Waals surface area (Å²) in [6.45, 7) is 4.05. The molecule has 0 spiro atoms. The number of rotatable bonds is 1. The number of hydrogen-bond donors (Lipinski definition) is 0. The molecule has 1 saturated heterocycles. The number of morpholine rings is 1. The van der Waals surface area contributed by atoms with E-state index in [4.69, 9.17) is 4.74 Å². The molecule has 0 aromatic carbocycles. The maximum atomic E-state index is 10.9. The maximum Gasteiger partial charge on any atom is 0.163 e. The Kier molecular flexibility index (Phi) is 2.64. The Bertz CT molecular complexity index is 460. The van der Waals surface area contributed by atoms with E-state index >= 15 is 0 Å². The molecule has 0 radical (unpaired) electrons. The van der Waals surface area contributed by atoms with Gasteiger partial charge < -0.3 is 9.64 Å². The van der Waals surface area contributed by atoms with E-state index in [9.17, 15) is 4.79 Å². The predicted molar refractivity (Wildman–Crippen MR) is 61.7 cm³/mol. The number of aryl methyl sites for hydroxylation is 1. The van der Waals surface area contributed by atoms with Crippen LogP contribution >= 0.6 is 0 Å². The lowest BCUT2D eigenvalue weighted by molar-refractivity contribution is 0.0669. The van der Waals surface area contributed by atoms with E-state index in [1.165, 1.54) is 0 Å². The number of hydrogen-bond acceptors (Lipinski definition) is 5. The fraction of sp³-hybridized carbons (Fsp3) is 0.545. The molecule has 0 amide bonds. The summed E-state index contributed by atoms with van der Waals surface area (Å²) in [4.78, 5) is 17.7. The molecule has 17 heavy (non-hydrogen) atoms. The number of aldehydes is 1. The second-order valence-corrected chi connectivity index (χ2v) is 4.14. The Morgan fingerprint density at radius 1 is 1.29 bits per heavy atom. The molecule has 0 N–H and O–H groups in total. The minimum Gasteiger partial charge on any atom is -0.378 e. The number of fused-ring (bicyclic) bond motifs is 1. The van der Waals surface area contributed by atoms with Gasteiger partial charge in [-0.05, 0) is 0 Å². The first-order valence-electron chi connectivity index (χ1n) is 5.80. The van der Waals surface area contributed by atoms with Gasteiger partial charge in [-0.15, -0.1) is 0 Å². The van der Waals surface area contributed by atoms with Crippen LogP contribution in [0.3, 0.4) is 0 Å². The van der Waals surface area contributed by atoms with E-state index in [1.54, 1.807) is 10.9 Å². The van der Waals surface area contributed by atoms with Gasteiger partial charge in [0.2, 0.25) is 0 Å². The van der Waals surface area contributed by atoms with Crippen molar-refractivity contribution in [1.29, 1.82) is 0 Å². The van der Waals surface area contributed by atoms with Gasteiger partial charge in [0.05, 0.1) is 31.5 Å². The van der Waals surface area contributed by atoms with Gasteiger partial charge in [-0.2, -0.15) is 5.10 Å². The van der Waals surface area contributed by atoms with E-state index in [1.807, 2.05) is 0 Å². The van der Waals surface area contributed by atoms with Crippen LogP contribution in [0, 0.1) is 0 Å². The molecule has 3 heterocycles. The average Bonchev–Trinajstić information content (AvgIpc) is 2.81. The molecule has 3 rings (SSSR count). The van der Waals surface area contributed by atoms with E-state index in [0.717, 1.165) is 51.4 Å². The van der Waals surface area contributed by atoms with Gasteiger partial charge in [-0.1, -0.05) is 0 Å². The van der Waals surface area contributed by atoms with Gasteiger partial charge in [-0.25, -0.2) is 9.67 Å². The molecule has 6 nitrogen and oxygen atoms in total. The summed E-state index contributed by atoms with van der Waals surface area (Å²) in [5, 5.41) is 4.14. The van der Waals surface area contributed by atoms with Crippen molar-refractivity contribution < 1.29 is 9.53 Å². The predicted octanol–water partition coefficient (Wildman–Crippen LogP) is 0.462. The van der Waals surface area contributed by atoms with E-state index in [0.29, 0.717) is 11.4 Å². The Morgan fingerprint density at radius 3 is 2.88 bits per heavy atom. The second-order valence-electron chi connectivity index (χ2n) is 4.14. The number of aromatic nitrogens is 2. The highest BCUT2D eigenvalue weighted by atomic mass is 16.5. The van der Waals surface area contributed by atoms with Crippen LogP contribution in [0.4, 0.5) is 5.82 Å². The van der Waals surface area contributed by atoms with Crippen LogP contribution < -0.4 is 0 Å². The van der Waals surface area contributed by atoms with Gasteiger partial charge in [0, 0.05) is 19.5 Å². The third-order valence-electron chi connectivity index (χ3n) is 3.12. The van der Waals surface area contributed by atoms with Crippen molar-refractivity contribution >= 4 is 17.9 Å². The highest BCUT2D eigenvalue weighted by Crippen LogP contribution is 2.23. The van der Waals surface area contributed by atoms with Crippen LogP contribution in [-0.2, 0) is 11.3 Å². The quantitative estimate of drug-likeness (QED) is 0.662. The van der Waals surface area contributed by atoms with Crippen LogP contribution in [0.2, 0.25) is 0 Å². The normalized spacial score (nSPS) is 19.8. The van der Waals surface area contributed by atoms with Gasteiger partial charge in [0.15, 0.2) is 12.1 Å². The van der Waals surface area contributed by atoms with Gasteiger partial charge in [0.1, 0.15) is 5.84 Å². The molecule has 1 aromatic rings. The van der Waals surface area contributed by atoms with E-state index in [2.05, 4.69) is 15.0 Å². The van der Waals surface area contributed by atoms with Gasteiger partial charge in [0.25, 0.3) is 0 Å². The van der Waals surface area contributed by atoms with Crippen molar-refractivity contribution in [2.75, 3.05) is 26.3 Å². The number of nitrogens with zero attached hydrogens (tertiary/aromatic N) is 4. The SMILES string of the molecule is O=Cc1cnn2c1N=C(N1CCOCC1)CC2. The lowest BCUT2D eigenvalue weighted by atomic mass is 10.2. The van der Waals surface area contributed by atoms with Gasteiger partial charge >= 0.3 is 0 Å². The summed E-state index contributed by atoms with van der Waals surface area (Å²) >= 11 is 0. The largest absolute Gasteiger partial charge is 0.378 e. The number of carbonyl (C=O) groups is 1. The van der Waals surface area contributed by atoms with Crippen molar-refractivity contribution in [3.63, 3.8) is 0 Å². The first-order chi connectivity index (χ1) is 8.38. The van der Waals surface area contributed by atoms with Crippen molar-refractivity contribution in [3.8, 4) is 0 Å². The van der Waals surface area contributed by atoms with Crippen LogP contribution in [0.1, 0.15) is 16.8 Å². The zero-order chi connectivity index (χ0) is 11.7. The molecule has 0 unspecified atom stereocenters. The van der Waals surface area contributed by atoms with Crippen molar-refractivity contribution in [2.24, 2.45) is 4.99 Å². The Morgan fingerprint density at radius 2 is 2.12 bits per heavy atom. The zero-order valence-electron chi connectivity index (χ0n) is 9.50. The maximum absolute atomic E-state index is 10.9. The molecule has 0 aliphatic carbocycles. The second kappa shape index (κ2) is 4.29. The molecule has 6 heteroatoms. The highest BCUT2D eigenvalue weighted by Gasteiger charge is 2.21. The molecule has 1 aromatic heterocycles. The Labute approximate surface area is 98.9 Å². The zero-order valence-corrected chi connectivity index (χ0v) is 9.50. The summed E-state index contributed by atoms with van der Waals surface area (Å²) in [6.07, 6.45) is 3.26. The van der Waals surface area contributed by atoms with Crippen LogP contribution in [-0.4, -0.2) is 53.1 Å². The van der Waals surface area contributed by atoms with E-state index < -0.39 is 0 Å². The summed E-state index contributed by atoms with van der Waals surface area (Å²) in [5.74, 6) is 1.73. The highest BCUT2D eigenvalue weighted by molar-refractivity contribution is 5.89. The third-order valence-corrected chi connectivity index (χ3v) is 3.12. The molecule has 0 bridgehead atoms. The minimum absolute atomic E-state index is 0.565. The lowest BCUT2D eigenvalue weighted by Gasteiger charge is -2.31. The molecule has 2 aliphatic heterocycles. The molecule has 0 saturated carbocycles.